The maximum atomic E-state index is 11.8. The highest BCUT2D eigenvalue weighted by Gasteiger charge is 2.22. The van der Waals surface area contributed by atoms with Gasteiger partial charge in [-0.2, -0.15) is 0 Å². The molecule has 0 saturated carbocycles. The van der Waals surface area contributed by atoms with Crippen LogP contribution in [0.3, 0.4) is 0 Å². The molecule has 0 saturated heterocycles. The van der Waals surface area contributed by atoms with E-state index in [9.17, 15) is 14.4 Å². The number of hydrogen-bond acceptors (Lipinski definition) is 5. The molecule has 7 heteroatoms. The molecule has 7 nitrogen and oxygen atoms in total. The molecule has 0 aliphatic carbocycles. The molecule has 0 bridgehead atoms. The van der Waals surface area contributed by atoms with E-state index in [4.69, 9.17) is 4.74 Å². The number of carbonyl (C=O) groups is 3. The molecule has 0 heterocycles. The molecule has 0 radical (unpaired) electrons. The van der Waals surface area contributed by atoms with E-state index in [0.717, 1.165) is 5.56 Å². The van der Waals surface area contributed by atoms with E-state index >= 15 is 0 Å². The van der Waals surface area contributed by atoms with Crippen LogP contribution in [0.15, 0.2) is 30.3 Å². The minimum Gasteiger partial charge on any atom is -0.467 e. The molecular formula is C17H24N2O5. The summed E-state index contributed by atoms with van der Waals surface area (Å²) in [6.45, 7) is 3.70. The van der Waals surface area contributed by atoms with Crippen molar-refractivity contribution in [1.29, 1.82) is 0 Å². The van der Waals surface area contributed by atoms with Crippen LogP contribution in [0.2, 0.25) is 0 Å². The van der Waals surface area contributed by atoms with Gasteiger partial charge in [0, 0.05) is 0 Å². The van der Waals surface area contributed by atoms with E-state index in [1.54, 1.807) is 0 Å². The number of carbonyl (C=O) groups excluding carboxylic acids is 3. The van der Waals surface area contributed by atoms with E-state index < -0.39 is 24.0 Å². The lowest BCUT2D eigenvalue weighted by Crippen LogP contribution is -2.46. The van der Waals surface area contributed by atoms with Gasteiger partial charge in [-0.1, -0.05) is 44.2 Å². The summed E-state index contributed by atoms with van der Waals surface area (Å²) in [5.74, 6) is -0.787. The van der Waals surface area contributed by atoms with Crippen molar-refractivity contribution < 1.29 is 23.9 Å². The summed E-state index contributed by atoms with van der Waals surface area (Å²) in [5.41, 5.74) is 0.847. The number of methoxy groups -OCH3 is 1. The van der Waals surface area contributed by atoms with Crippen LogP contribution in [0, 0.1) is 5.92 Å². The highest BCUT2D eigenvalue weighted by atomic mass is 16.5. The number of esters is 1. The Balaban J connectivity index is 2.35. The predicted octanol–water partition coefficient (Wildman–Crippen LogP) is 1.62. The number of rotatable bonds is 8. The maximum absolute atomic E-state index is 11.8. The Hall–Kier alpha value is -2.57. The van der Waals surface area contributed by atoms with Crippen LogP contribution in [0.5, 0.6) is 0 Å². The van der Waals surface area contributed by atoms with E-state index in [-0.39, 0.29) is 19.1 Å². The molecular weight excluding hydrogens is 312 g/mol. The first-order valence-electron chi connectivity index (χ1n) is 7.74. The van der Waals surface area contributed by atoms with E-state index in [1.807, 2.05) is 44.2 Å². The minimum atomic E-state index is -0.732. The smallest absolute Gasteiger partial charge is 0.407 e. The molecule has 1 aromatic carbocycles. The molecule has 0 aliphatic rings. The van der Waals surface area contributed by atoms with Crippen LogP contribution in [0.25, 0.3) is 0 Å². The summed E-state index contributed by atoms with van der Waals surface area (Å²) < 4.78 is 9.66. The van der Waals surface area contributed by atoms with E-state index in [2.05, 4.69) is 15.4 Å². The third-order valence-corrected chi connectivity index (χ3v) is 3.13. The number of nitrogens with one attached hydrogen (secondary N) is 2. The summed E-state index contributed by atoms with van der Waals surface area (Å²) >= 11 is 0. The molecule has 0 fully saturated rings. The molecule has 24 heavy (non-hydrogen) atoms. The third-order valence-electron chi connectivity index (χ3n) is 3.13. The Bertz CT molecular complexity index is 545. The first-order valence-corrected chi connectivity index (χ1v) is 7.74. The summed E-state index contributed by atoms with van der Waals surface area (Å²) in [4.78, 5) is 35.0. The summed E-state index contributed by atoms with van der Waals surface area (Å²) in [7, 11) is 1.26. The highest BCUT2D eigenvalue weighted by molar-refractivity contribution is 5.87. The molecule has 0 aromatic heterocycles. The van der Waals surface area contributed by atoms with E-state index in [1.165, 1.54) is 7.11 Å². The van der Waals surface area contributed by atoms with Crippen molar-refractivity contribution in [2.24, 2.45) is 5.92 Å². The normalized spacial score (nSPS) is 11.5. The Morgan fingerprint density at radius 1 is 1.12 bits per heavy atom. The molecule has 0 unspecified atom stereocenters. The minimum absolute atomic E-state index is 0.117. The first-order chi connectivity index (χ1) is 11.4. The summed E-state index contributed by atoms with van der Waals surface area (Å²) in [5, 5.41) is 4.89. The van der Waals surface area contributed by atoms with Gasteiger partial charge >= 0.3 is 12.1 Å². The molecule has 0 aliphatic heterocycles. The van der Waals surface area contributed by atoms with Crippen molar-refractivity contribution in [2.45, 2.75) is 32.9 Å². The number of amides is 2. The second kappa shape index (κ2) is 10.3. The lowest BCUT2D eigenvalue weighted by atomic mass is 10.0. The van der Waals surface area contributed by atoms with Crippen molar-refractivity contribution in [3.63, 3.8) is 0 Å². The molecule has 1 aromatic rings. The Morgan fingerprint density at radius 2 is 1.79 bits per heavy atom. The largest absolute Gasteiger partial charge is 0.467 e. The van der Waals surface area contributed by atoms with Gasteiger partial charge in [0.15, 0.2) is 0 Å². The molecule has 1 rings (SSSR count). The quantitative estimate of drug-likeness (QED) is 0.704. The van der Waals surface area contributed by atoms with Gasteiger partial charge in [0.1, 0.15) is 19.2 Å². The van der Waals surface area contributed by atoms with Crippen molar-refractivity contribution in [2.75, 3.05) is 13.7 Å². The Morgan fingerprint density at radius 3 is 2.38 bits per heavy atom. The van der Waals surface area contributed by atoms with Crippen molar-refractivity contribution in [3.8, 4) is 0 Å². The molecule has 132 valence electrons. The lowest BCUT2D eigenvalue weighted by molar-refractivity contribution is -0.145. The van der Waals surface area contributed by atoms with Gasteiger partial charge in [-0.15, -0.1) is 0 Å². The van der Waals surface area contributed by atoms with Gasteiger partial charge in [0.2, 0.25) is 5.91 Å². The third kappa shape index (κ3) is 7.62. The number of benzene rings is 1. The zero-order chi connectivity index (χ0) is 17.9. The number of hydrogen-bond donors (Lipinski definition) is 2. The van der Waals surface area contributed by atoms with Gasteiger partial charge < -0.3 is 20.1 Å². The van der Waals surface area contributed by atoms with Gasteiger partial charge in [-0.25, -0.2) is 9.59 Å². The Kier molecular flexibility index (Phi) is 8.32. The van der Waals surface area contributed by atoms with Gasteiger partial charge in [-0.3, -0.25) is 4.79 Å². The highest BCUT2D eigenvalue weighted by Crippen LogP contribution is 2.06. The van der Waals surface area contributed by atoms with Gasteiger partial charge in [-0.05, 0) is 17.9 Å². The average molecular weight is 336 g/mol. The van der Waals surface area contributed by atoms with Crippen molar-refractivity contribution >= 4 is 18.0 Å². The topological polar surface area (TPSA) is 93.7 Å². The second-order valence-corrected chi connectivity index (χ2v) is 5.69. The fourth-order valence-electron chi connectivity index (χ4n) is 2.00. The SMILES string of the molecule is COC(=O)[C@H](CC(C)C)NC(=O)CNC(=O)OCc1ccccc1. The molecule has 0 spiro atoms. The average Bonchev–Trinajstić information content (AvgIpc) is 2.57. The molecule has 2 amide bonds. The van der Waals surface area contributed by atoms with Crippen LogP contribution in [-0.4, -0.2) is 37.7 Å². The van der Waals surface area contributed by atoms with Crippen LogP contribution >= 0.6 is 0 Å². The summed E-state index contributed by atoms with van der Waals surface area (Å²) in [6, 6.07) is 8.46. The predicted molar refractivity (Wildman–Crippen MR) is 88.0 cm³/mol. The second-order valence-electron chi connectivity index (χ2n) is 5.69. The molecule has 1 atom stereocenters. The Labute approximate surface area is 141 Å². The maximum Gasteiger partial charge on any atom is 0.407 e. The number of ether oxygens (including phenoxy) is 2. The zero-order valence-electron chi connectivity index (χ0n) is 14.2. The monoisotopic (exact) mass is 336 g/mol. The van der Waals surface area contributed by atoms with E-state index in [0.29, 0.717) is 6.42 Å². The number of alkyl carbamates (subject to hydrolysis) is 1. The van der Waals surface area contributed by atoms with Crippen LogP contribution in [-0.2, 0) is 25.7 Å². The van der Waals surface area contributed by atoms with Crippen LogP contribution in [0.4, 0.5) is 4.79 Å². The van der Waals surface area contributed by atoms with Gasteiger partial charge in [0.25, 0.3) is 0 Å². The standard InChI is InChI=1S/C17H24N2O5/c1-12(2)9-14(16(21)23-3)19-15(20)10-18-17(22)24-11-13-7-5-4-6-8-13/h4-8,12,14H,9-11H2,1-3H3,(H,18,22)(H,19,20)/t14-/m0/s1. The first kappa shape index (κ1) is 19.5. The summed E-state index contributed by atoms with van der Waals surface area (Å²) in [6.07, 6.45) is -0.246. The zero-order valence-corrected chi connectivity index (χ0v) is 14.2. The van der Waals surface area contributed by atoms with Crippen LogP contribution in [0.1, 0.15) is 25.8 Å². The van der Waals surface area contributed by atoms with Gasteiger partial charge in [0.05, 0.1) is 7.11 Å². The van der Waals surface area contributed by atoms with Crippen molar-refractivity contribution in [3.05, 3.63) is 35.9 Å². The fourth-order valence-corrected chi connectivity index (χ4v) is 2.00. The fraction of sp³-hybridized carbons (Fsp3) is 0.471. The lowest BCUT2D eigenvalue weighted by Gasteiger charge is -2.18. The van der Waals surface area contributed by atoms with Crippen LogP contribution < -0.4 is 10.6 Å². The molecule has 2 N–H and O–H groups in total. The van der Waals surface area contributed by atoms with Crippen molar-refractivity contribution in [1.82, 2.24) is 10.6 Å².